The molecule has 4 rings (SSSR count). The quantitative estimate of drug-likeness (QED) is 0.461. The molecule has 0 fully saturated rings. The Balaban J connectivity index is 1.58. The lowest BCUT2D eigenvalue weighted by atomic mass is 10.1. The van der Waals surface area contributed by atoms with Gasteiger partial charge in [0.25, 0.3) is 0 Å². The Morgan fingerprint density at radius 3 is 2.55 bits per heavy atom. The van der Waals surface area contributed by atoms with Crippen LogP contribution in [0, 0.1) is 6.92 Å². The third-order valence-electron chi connectivity index (χ3n) is 4.53. The average molecular weight is 425 g/mol. The Morgan fingerprint density at radius 2 is 1.83 bits per heavy atom. The first kappa shape index (κ1) is 19.4. The zero-order valence-electron chi connectivity index (χ0n) is 16.0. The maximum atomic E-state index is 12.5. The van der Waals surface area contributed by atoms with Crippen molar-refractivity contribution in [3.63, 3.8) is 0 Å². The molecule has 0 bridgehead atoms. The van der Waals surface area contributed by atoms with Gasteiger partial charge in [-0.25, -0.2) is 13.4 Å². The van der Waals surface area contributed by atoms with Crippen molar-refractivity contribution < 1.29 is 13.2 Å². The number of rotatable bonds is 6. The highest BCUT2D eigenvalue weighted by atomic mass is 32.2. The van der Waals surface area contributed by atoms with Crippen LogP contribution in [0.3, 0.4) is 0 Å². The number of nitrogens with zero attached hydrogens (tertiary/aromatic N) is 1. The summed E-state index contributed by atoms with van der Waals surface area (Å²) in [6, 6.07) is 20.6. The molecule has 7 heteroatoms. The highest BCUT2D eigenvalue weighted by Crippen LogP contribution is 2.34. The van der Waals surface area contributed by atoms with Gasteiger partial charge in [0.05, 0.1) is 28.8 Å². The van der Waals surface area contributed by atoms with Gasteiger partial charge in [0.15, 0.2) is 0 Å². The second kappa shape index (κ2) is 7.85. The number of sulfonamides is 1. The van der Waals surface area contributed by atoms with Gasteiger partial charge >= 0.3 is 0 Å². The van der Waals surface area contributed by atoms with Crippen molar-refractivity contribution in [3.05, 3.63) is 77.9 Å². The van der Waals surface area contributed by atoms with E-state index in [1.165, 1.54) is 0 Å². The maximum absolute atomic E-state index is 12.5. The van der Waals surface area contributed by atoms with Gasteiger partial charge in [-0.1, -0.05) is 30.3 Å². The van der Waals surface area contributed by atoms with Crippen LogP contribution in [0.15, 0.2) is 66.7 Å². The van der Waals surface area contributed by atoms with E-state index < -0.39 is 10.0 Å². The predicted octanol–water partition coefficient (Wildman–Crippen LogP) is 5.22. The topological polar surface area (TPSA) is 68.3 Å². The summed E-state index contributed by atoms with van der Waals surface area (Å²) < 4.78 is 34.1. The van der Waals surface area contributed by atoms with Gasteiger partial charge in [-0.3, -0.25) is 4.72 Å². The van der Waals surface area contributed by atoms with E-state index in [2.05, 4.69) is 9.71 Å². The number of hydrogen-bond acceptors (Lipinski definition) is 5. The summed E-state index contributed by atoms with van der Waals surface area (Å²) in [5.74, 6) is 0.737. The lowest BCUT2D eigenvalue weighted by Crippen LogP contribution is -2.15. The molecule has 3 aromatic carbocycles. The molecule has 0 unspecified atom stereocenters. The van der Waals surface area contributed by atoms with Crippen LogP contribution in [-0.4, -0.2) is 20.5 Å². The summed E-state index contributed by atoms with van der Waals surface area (Å²) in [5.41, 5.74) is 4.03. The molecule has 1 aromatic heterocycles. The Kier molecular flexibility index (Phi) is 5.25. The molecule has 0 saturated carbocycles. The molecule has 1 heterocycles. The number of aromatic nitrogens is 1. The van der Waals surface area contributed by atoms with E-state index in [0.29, 0.717) is 5.69 Å². The largest absolute Gasteiger partial charge is 0.497 e. The Labute approximate surface area is 174 Å². The lowest BCUT2D eigenvalue weighted by molar-refractivity contribution is 0.415. The van der Waals surface area contributed by atoms with Crippen molar-refractivity contribution in [1.82, 2.24) is 4.98 Å². The zero-order chi connectivity index (χ0) is 20.4. The van der Waals surface area contributed by atoms with Gasteiger partial charge < -0.3 is 4.74 Å². The van der Waals surface area contributed by atoms with Gasteiger partial charge in [-0.2, -0.15) is 0 Å². The zero-order valence-corrected chi connectivity index (χ0v) is 17.7. The first-order valence-corrected chi connectivity index (χ1v) is 11.5. The van der Waals surface area contributed by atoms with Crippen molar-refractivity contribution in [2.75, 3.05) is 11.8 Å². The molecule has 0 aliphatic rings. The van der Waals surface area contributed by atoms with Gasteiger partial charge in [0, 0.05) is 5.56 Å². The van der Waals surface area contributed by atoms with Crippen molar-refractivity contribution in [3.8, 4) is 16.3 Å². The molecule has 4 aromatic rings. The molecule has 29 heavy (non-hydrogen) atoms. The number of fused-ring (bicyclic) bond motifs is 1. The van der Waals surface area contributed by atoms with Crippen LogP contribution in [0.25, 0.3) is 20.8 Å². The maximum Gasteiger partial charge on any atom is 0.236 e. The summed E-state index contributed by atoms with van der Waals surface area (Å²) in [5, 5.41) is 0.884. The van der Waals surface area contributed by atoms with Crippen molar-refractivity contribution >= 4 is 37.3 Å². The average Bonchev–Trinajstić information content (AvgIpc) is 3.13. The fraction of sp³-hybridized carbons (Fsp3) is 0.136. The van der Waals surface area contributed by atoms with Crippen molar-refractivity contribution in [1.29, 1.82) is 0 Å². The number of anilines is 1. The third kappa shape index (κ3) is 4.41. The van der Waals surface area contributed by atoms with E-state index >= 15 is 0 Å². The van der Waals surface area contributed by atoms with Gasteiger partial charge in [0.2, 0.25) is 10.0 Å². The monoisotopic (exact) mass is 424 g/mol. The summed E-state index contributed by atoms with van der Waals surface area (Å²) in [6.07, 6.45) is 0. The van der Waals surface area contributed by atoms with Crippen LogP contribution in [-0.2, 0) is 15.8 Å². The van der Waals surface area contributed by atoms with Crippen molar-refractivity contribution in [2.45, 2.75) is 12.7 Å². The SMILES string of the molecule is COc1ccc2nc(-c3ccc(NS(=O)(=O)Cc4ccccc4)c(C)c3)sc2c1. The van der Waals surface area contributed by atoms with Crippen LogP contribution >= 0.6 is 11.3 Å². The standard InChI is InChI=1S/C22H20N2O3S2/c1-15-12-17(22-23-20-11-9-18(27-2)13-21(20)28-22)8-10-19(15)24-29(25,26)14-16-6-4-3-5-7-16/h3-13,24H,14H2,1-2H3. The Bertz CT molecular complexity index is 1270. The van der Waals surface area contributed by atoms with E-state index in [1.54, 1.807) is 36.6 Å². The fourth-order valence-electron chi connectivity index (χ4n) is 3.06. The number of methoxy groups -OCH3 is 1. The summed E-state index contributed by atoms with van der Waals surface area (Å²) in [6.45, 7) is 1.89. The minimum atomic E-state index is -3.49. The van der Waals surface area contributed by atoms with E-state index in [0.717, 1.165) is 37.7 Å². The number of hydrogen-bond donors (Lipinski definition) is 1. The Morgan fingerprint density at radius 1 is 1.03 bits per heavy atom. The molecule has 0 spiro atoms. The van der Waals surface area contributed by atoms with Crippen LogP contribution in [0.4, 0.5) is 5.69 Å². The van der Waals surface area contributed by atoms with Crippen molar-refractivity contribution in [2.24, 2.45) is 0 Å². The molecule has 0 atom stereocenters. The second-order valence-electron chi connectivity index (χ2n) is 6.73. The molecular weight excluding hydrogens is 404 g/mol. The number of nitrogens with one attached hydrogen (secondary N) is 1. The first-order chi connectivity index (χ1) is 13.9. The molecule has 0 amide bonds. The Hall–Kier alpha value is -2.90. The molecule has 1 N–H and O–H groups in total. The summed E-state index contributed by atoms with van der Waals surface area (Å²) >= 11 is 1.58. The normalized spacial score (nSPS) is 11.5. The van der Waals surface area contributed by atoms with E-state index in [-0.39, 0.29) is 5.75 Å². The summed E-state index contributed by atoms with van der Waals surface area (Å²) in [4.78, 5) is 4.68. The minimum absolute atomic E-state index is 0.0608. The number of aryl methyl sites for hydroxylation is 1. The van der Waals surface area contributed by atoms with Crippen LogP contribution in [0.5, 0.6) is 5.75 Å². The van der Waals surface area contributed by atoms with Crippen LogP contribution < -0.4 is 9.46 Å². The van der Waals surface area contributed by atoms with Gasteiger partial charge in [-0.05, 0) is 54.4 Å². The molecule has 0 aliphatic heterocycles. The van der Waals surface area contributed by atoms with E-state index in [9.17, 15) is 8.42 Å². The highest BCUT2D eigenvalue weighted by Gasteiger charge is 2.14. The molecule has 5 nitrogen and oxygen atoms in total. The fourth-order valence-corrected chi connectivity index (χ4v) is 5.32. The summed E-state index contributed by atoms with van der Waals surface area (Å²) in [7, 11) is -1.85. The molecule has 0 aliphatic carbocycles. The molecule has 0 radical (unpaired) electrons. The minimum Gasteiger partial charge on any atom is -0.497 e. The number of thiazole rings is 1. The molecule has 0 saturated heterocycles. The third-order valence-corrected chi connectivity index (χ3v) is 6.85. The molecule has 148 valence electrons. The second-order valence-corrected chi connectivity index (χ2v) is 9.48. The van der Waals surface area contributed by atoms with Crippen LogP contribution in [0.1, 0.15) is 11.1 Å². The van der Waals surface area contributed by atoms with Gasteiger partial charge in [0.1, 0.15) is 10.8 Å². The highest BCUT2D eigenvalue weighted by molar-refractivity contribution is 7.91. The van der Waals surface area contributed by atoms with E-state index in [1.807, 2.05) is 55.5 Å². The van der Waals surface area contributed by atoms with E-state index in [4.69, 9.17) is 4.74 Å². The number of benzene rings is 3. The smallest absolute Gasteiger partial charge is 0.236 e. The number of ether oxygens (including phenoxy) is 1. The molecular formula is C22H20N2O3S2. The predicted molar refractivity (Wildman–Crippen MR) is 119 cm³/mol. The lowest BCUT2D eigenvalue weighted by Gasteiger charge is -2.11. The van der Waals surface area contributed by atoms with Gasteiger partial charge in [-0.15, -0.1) is 11.3 Å². The first-order valence-electron chi connectivity index (χ1n) is 9.03. The van der Waals surface area contributed by atoms with Crippen LogP contribution in [0.2, 0.25) is 0 Å².